The maximum Gasteiger partial charge on any atom is 0.490 e. The Hall–Kier alpha value is -5.75. The van der Waals surface area contributed by atoms with Crippen LogP contribution in [0.2, 0.25) is 0 Å². The monoisotopic (exact) mass is 675 g/mol. The molecule has 18 heteroatoms. The molecule has 252 valence electrons. The van der Waals surface area contributed by atoms with E-state index < -0.39 is 60.2 Å². The van der Waals surface area contributed by atoms with Gasteiger partial charge < -0.3 is 30.5 Å². The molecule has 2 aromatic carbocycles. The van der Waals surface area contributed by atoms with Crippen LogP contribution in [0.1, 0.15) is 16.1 Å². The van der Waals surface area contributed by atoms with E-state index in [0.29, 0.717) is 11.3 Å². The first kappa shape index (κ1) is 35.1. The number of carboxylic acids is 1. The van der Waals surface area contributed by atoms with Gasteiger partial charge in [0.15, 0.2) is 5.65 Å². The van der Waals surface area contributed by atoms with Gasteiger partial charge in [0.2, 0.25) is 5.95 Å². The highest BCUT2D eigenvalue weighted by atomic mass is 19.4. The van der Waals surface area contributed by atoms with E-state index in [1.54, 1.807) is 42.9 Å². The number of benzene rings is 2. The number of hydrogen-bond acceptors (Lipinski definition) is 9. The first-order valence-electron chi connectivity index (χ1n) is 13.7. The lowest BCUT2D eigenvalue weighted by Crippen LogP contribution is -2.29. The summed E-state index contributed by atoms with van der Waals surface area (Å²) in [5.41, 5.74) is 0.655. The fourth-order valence-corrected chi connectivity index (χ4v) is 4.32. The third-order valence-corrected chi connectivity index (χ3v) is 6.62. The van der Waals surface area contributed by atoms with Gasteiger partial charge in [0, 0.05) is 35.9 Å². The number of nitrogens with one attached hydrogen (secondary N) is 2. The van der Waals surface area contributed by atoms with Crippen molar-refractivity contribution in [1.82, 2.24) is 24.1 Å². The summed E-state index contributed by atoms with van der Waals surface area (Å²) in [7, 11) is 1.74. The number of aliphatic hydroxyl groups excluding tert-OH is 2. The summed E-state index contributed by atoms with van der Waals surface area (Å²) in [5.74, 6) is -5.26. The van der Waals surface area contributed by atoms with Crippen molar-refractivity contribution >= 4 is 34.5 Å². The number of amides is 1. The number of aliphatic carboxylic acids is 1. The molecule has 0 radical (unpaired) electrons. The number of fused-ring (bicyclic) bond motifs is 1. The number of anilines is 2. The molecule has 5 rings (SSSR count). The summed E-state index contributed by atoms with van der Waals surface area (Å²) < 4.78 is 64.0. The molecule has 1 amide bonds. The number of halogens is 5. The minimum absolute atomic E-state index is 0.112. The van der Waals surface area contributed by atoms with E-state index in [1.165, 1.54) is 18.5 Å². The van der Waals surface area contributed by atoms with E-state index in [-0.39, 0.29) is 28.4 Å². The number of aliphatic hydroxyl groups is 2. The minimum atomic E-state index is -5.08. The number of hydrogen-bond donors (Lipinski definition) is 5. The second-order valence-electron chi connectivity index (χ2n) is 10.1. The van der Waals surface area contributed by atoms with Gasteiger partial charge in [-0.15, -0.1) is 0 Å². The number of imidazole rings is 1. The molecule has 48 heavy (non-hydrogen) atoms. The highest BCUT2D eigenvalue weighted by Crippen LogP contribution is 2.33. The third kappa shape index (κ3) is 7.78. The largest absolute Gasteiger partial charge is 0.490 e. The summed E-state index contributed by atoms with van der Waals surface area (Å²) in [6.45, 7) is 0.868. The van der Waals surface area contributed by atoms with Crippen molar-refractivity contribution in [1.29, 1.82) is 0 Å². The highest BCUT2D eigenvalue weighted by Gasteiger charge is 2.38. The van der Waals surface area contributed by atoms with Gasteiger partial charge in [-0.3, -0.25) is 14.2 Å². The fraction of sp³-hybridized carbons (Fsp3) is 0.200. The Kier molecular flexibility index (Phi) is 10.5. The van der Waals surface area contributed by atoms with Crippen molar-refractivity contribution in [2.24, 2.45) is 7.05 Å². The molecular formula is C30H26F5N7O6. The number of carbonyl (C=O) groups excluding carboxylic acids is 1. The van der Waals surface area contributed by atoms with Crippen LogP contribution in [0.15, 0.2) is 65.8 Å². The molecule has 0 spiro atoms. The van der Waals surface area contributed by atoms with Crippen LogP contribution in [-0.4, -0.2) is 76.7 Å². The molecule has 0 bridgehead atoms. The van der Waals surface area contributed by atoms with E-state index in [1.807, 2.05) is 0 Å². The maximum absolute atomic E-state index is 14.9. The Morgan fingerprint density at radius 2 is 1.65 bits per heavy atom. The lowest BCUT2D eigenvalue weighted by molar-refractivity contribution is -0.192. The Morgan fingerprint density at radius 3 is 2.21 bits per heavy atom. The standard InChI is InChI=1S/C28H25F2N7O4.C2HF3O2/c1-15-6-7-16(32-27(41)22-11-36(2)14-31-22)10-19(15)24-18-8-9-23(40)37(25-20(29)4-3-5-21(25)30)26(18)35-28(34-24)33-17(12-38)13-39;3-2(4,5)1(6)7/h3-11,14,17,38-39H,12-13H2,1-2H3,(H,32,41)(H,33,34,35);(H,6,7). The Morgan fingerprint density at radius 1 is 1.00 bits per heavy atom. The van der Waals surface area contributed by atoms with Crippen molar-refractivity contribution in [2.45, 2.75) is 19.1 Å². The van der Waals surface area contributed by atoms with Crippen molar-refractivity contribution in [3.8, 4) is 16.9 Å². The van der Waals surface area contributed by atoms with Crippen molar-refractivity contribution in [3.05, 3.63) is 94.3 Å². The van der Waals surface area contributed by atoms with Crippen molar-refractivity contribution in [3.63, 3.8) is 0 Å². The van der Waals surface area contributed by atoms with Crippen LogP contribution in [0.3, 0.4) is 0 Å². The summed E-state index contributed by atoms with van der Waals surface area (Å²) in [4.78, 5) is 47.7. The second-order valence-corrected chi connectivity index (χ2v) is 10.1. The summed E-state index contributed by atoms with van der Waals surface area (Å²) in [6.07, 6.45) is -2.01. The molecule has 0 aliphatic rings. The zero-order chi connectivity index (χ0) is 35.3. The number of alkyl halides is 3. The molecule has 0 saturated heterocycles. The quantitative estimate of drug-likeness (QED) is 0.153. The molecule has 3 heterocycles. The summed E-state index contributed by atoms with van der Waals surface area (Å²) in [6, 6.07) is 10.1. The predicted molar refractivity (Wildman–Crippen MR) is 162 cm³/mol. The van der Waals surface area contributed by atoms with Gasteiger partial charge in [-0.2, -0.15) is 18.2 Å². The minimum Gasteiger partial charge on any atom is -0.475 e. The molecular weight excluding hydrogens is 649 g/mol. The topological polar surface area (TPSA) is 184 Å². The third-order valence-electron chi connectivity index (χ3n) is 6.62. The molecule has 3 aromatic heterocycles. The van der Waals surface area contributed by atoms with Gasteiger partial charge in [0.25, 0.3) is 11.5 Å². The fourth-order valence-electron chi connectivity index (χ4n) is 4.32. The Balaban J connectivity index is 0.000000671. The van der Waals surface area contributed by atoms with Gasteiger partial charge in [0.1, 0.15) is 23.0 Å². The van der Waals surface area contributed by atoms with Gasteiger partial charge in [0.05, 0.1) is 31.3 Å². The van der Waals surface area contributed by atoms with Crippen LogP contribution in [0.4, 0.5) is 33.6 Å². The molecule has 0 unspecified atom stereocenters. The number of carboxylic acid groups (broad SMARTS) is 1. The van der Waals surface area contributed by atoms with Crippen molar-refractivity contribution < 1.29 is 46.9 Å². The zero-order valence-corrected chi connectivity index (χ0v) is 25.0. The summed E-state index contributed by atoms with van der Waals surface area (Å²) in [5, 5.41) is 32.2. The summed E-state index contributed by atoms with van der Waals surface area (Å²) >= 11 is 0. The number of para-hydroxylation sites is 1. The van der Waals surface area contributed by atoms with E-state index in [9.17, 15) is 41.8 Å². The molecule has 5 aromatic rings. The molecule has 0 fully saturated rings. The maximum atomic E-state index is 14.9. The highest BCUT2D eigenvalue weighted by molar-refractivity contribution is 6.03. The molecule has 0 atom stereocenters. The first-order valence-corrected chi connectivity index (χ1v) is 13.7. The van der Waals surface area contributed by atoms with E-state index in [2.05, 4.69) is 25.6 Å². The second kappa shape index (κ2) is 14.3. The zero-order valence-electron chi connectivity index (χ0n) is 25.0. The van der Waals surface area contributed by atoms with Gasteiger partial charge in [-0.05, 0) is 42.8 Å². The number of aromatic nitrogens is 5. The molecule has 0 aliphatic carbocycles. The normalized spacial score (nSPS) is 11.3. The van der Waals surface area contributed by atoms with Crippen molar-refractivity contribution in [2.75, 3.05) is 23.8 Å². The average molecular weight is 676 g/mol. The average Bonchev–Trinajstić information content (AvgIpc) is 3.47. The smallest absolute Gasteiger partial charge is 0.475 e. The van der Waals surface area contributed by atoms with Crippen LogP contribution >= 0.6 is 0 Å². The van der Waals surface area contributed by atoms with E-state index in [0.717, 1.165) is 28.3 Å². The number of carbonyl (C=O) groups is 2. The van der Waals surface area contributed by atoms with Gasteiger partial charge >= 0.3 is 12.1 Å². The molecule has 5 N–H and O–H groups in total. The molecule has 0 aliphatic heterocycles. The van der Waals surface area contributed by atoms with E-state index in [4.69, 9.17) is 9.90 Å². The van der Waals surface area contributed by atoms with Crippen LogP contribution in [0, 0.1) is 18.6 Å². The molecule has 13 nitrogen and oxygen atoms in total. The van der Waals surface area contributed by atoms with Crippen LogP contribution < -0.4 is 16.2 Å². The Labute approximate surface area is 267 Å². The Bertz CT molecular complexity index is 2020. The lowest BCUT2D eigenvalue weighted by atomic mass is 10.0. The van der Waals surface area contributed by atoms with E-state index >= 15 is 0 Å². The first-order chi connectivity index (χ1) is 22.6. The number of pyridine rings is 1. The number of aryl methyl sites for hydroxylation is 2. The van der Waals surface area contributed by atoms with Crippen LogP contribution in [0.5, 0.6) is 0 Å². The lowest BCUT2D eigenvalue weighted by Gasteiger charge is -2.18. The van der Waals surface area contributed by atoms with Crippen LogP contribution in [0.25, 0.3) is 28.0 Å². The number of rotatable bonds is 8. The van der Waals surface area contributed by atoms with Crippen LogP contribution in [-0.2, 0) is 11.8 Å². The van der Waals surface area contributed by atoms with Gasteiger partial charge in [-0.1, -0.05) is 12.1 Å². The predicted octanol–water partition coefficient (Wildman–Crippen LogP) is 3.42. The SMILES string of the molecule is Cc1ccc(NC(=O)c2cn(C)cn2)cc1-c1nc(NC(CO)CO)nc2c1ccc(=O)n2-c1c(F)cccc1F.O=C(O)C(F)(F)F. The van der Waals surface area contributed by atoms with Gasteiger partial charge in [-0.25, -0.2) is 23.5 Å². The number of nitrogens with zero attached hydrogens (tertiary/aromatic N) is 5. The molecule has 0 saturated carbocycles.